The summed E-state index contributed by atoms with van der Waals surface area (Å²) in [7, 11) is 2.80. The Hall–Kier alpha value is -2.61. The molecule has 1 aromatic carbocycles. The third-order valence-electron chi connectivity index (χ3n) is 3.92. The van der Waals surface area contributed by atoms with Crippen molar-refractivity contribution < 1.29 is 28.8 Å². The Morgan fingerprint density at radius 2 is 2.08 bits per heavy atom. The van der Waals surface area contributed by atoms with Gasteiger partial charge in [0.05, 0.1) is 33.0 Å². The number of esters is 1. The molecule has 3 N–H and O–H groups in total. The molecule has 2 atom stereocenters. The van der Waals surface area contributed by atoms with Crippen LogP contribution in [0.15, 0.2) is 24.3 Å². The van der Waals surface area contributed by atoms with Crippen LogP contribution >= 0.6 is 0 Å². The fraction of sp³-hybridized carbons (Fsp3) is 0.438. The number of piperazine rings is 1. The molecule has 0 aromatic heterocycles. The van der Waals surface area contributed by atoms with Gasteiger partial charge in [-0.05, 0) is 12.1 Å². The van der Waals surface area contributed by atoms with Crippen molar-refractivity contribution in [1.29, 1.82) is 0 Å². The second kappa shape index (κ2) is 8.30. The topological polar surface area (TPSA) is 98.2 Å². The van der Waals surface area contributed by atoms with Crippen LogP contribution in [0.4, 0.5) is 5.69 Å². The van der Waals surface area contributed by atoms with Gasteiger partial charge in [0.15, 0.2) is 12.6 Å². The molecule has 1 heterocycles. The Morgan fingerprint density at radius 1 is 1.33 bits per heavy atom. The number of hydrogen-bond donors (Lipinski definition) is 3. The van der Waals surface area contributed by atoms with E-state index in [1.54, 1.807) is 24.3 Å². The summed E-state index contributed by atoms with van der Waals surface area (Å²) in [6.07, 6.45) is -0.0559. The van der Waals surface area contributed by atoms with Crippen LogP contribution in [0, 0.1) is 0 Å². The number of nitrogens with one attached hydrogen (secondary N) is 3. The second-order valence-electron chi connectivity index (χ2n) is 5.46. The first-order chi connectivity index (χ1) is 11.5. The van der Waals surface area contributed by atoms with Gasteiger partial charge in [0.1, 0.15) is 12.2 Å². The third kappa shape index (κ3) is 4.45. The number of quaternary nitrogens is 1. The summed E-state index contributed by atoms with van der Waals surface area (Å²) < 4.78 is 9.83. The van der Waals surface area contributed by atoms with Gasteiger partial charge < -0.3 is 25.0 Å². The number of carbonyl (C=O) groups excluding carboxylic acids is 3. The van der Waals surface area contributed by atoms with Gasteiger partial charge in [-0.15, -0.1) is 0 Å². The highest BCUT2D eigenvalue weighted by Gasteiger charge is 2.36. The standard InChI is InChI=1S/C16H21N3O5/c1-23-13-6-4-3-5-11(13)18-14(20)10-19-8-7-17-16(22)12(19)9-15(21)24-2/h3-6,12H,7-10H2,1-2H3,(H,17,22)(H,18,20)/p+1/t12-/m0/s1. The normalized spacial score (nSPS) is 20.0. The number of carbonyl (C=O) groups is 3. The molecular formula is C16H22N3O5+. The first-order valence-electron chi connectivity index (χ1n) is 7.67. The molecule has 130 valence electrons. The number of benzene rings is 1. The maximum absolute atomic E-state index is 12.3. The molecule has 1 saturated heterocycles. The molecule has 0 radical (unpaired) electrons. The second-order valence-corrected chi connectivity index (χ2v) is 5.46. The summed E-state index contributed by atoms with van der Waals surface area (Å²) >= 11 is 0. The van der Waals surface area contributed by atoms with Crippen molar-refractivity contribution in [2.75, 3.05) is 39.2 Å². The molecule has 1 aromatic rings. The molecular weight excluding hydrogens is 314 g/mol. The lowest BCUT2D eigenvalue weighted by atomic mass is 10.1. The molecule has 0 aliphatic carbocycles. The van der Waals surface area contributed by atoms with Gasteiger partial charge in [0.2, 0.25) is 0 Å². The Kier molecular flexibility index (Phi) is 6.14. The highest BCUT2D eigenvalue weighted by atomic mass is 16.5. The lowest BCUT2D eigenvalue weighted by Crippen LogP contribution is -3.20. The summed E-state index contributed by atoms with van der Waals surface area (Å²) in [6.45, 7) is 1.10. The van der Waals surface area contributed by atoms with Crippen LogP contribution in [0.3, 0.4) is 0 Å². The summed E-state index contributed by atoms with van der Waals surface area (Å²) in [6, 6.07) is 6.45. The average molecular weight is 336 g/mol. The van der Waals surface area contributed by atoms with Crippen LogP contribution in [-0.2, 0) is 19.1 Å². The zero-order valence-corrected chi connectivity index (χ0v) is 13.8. The van der Waals surface area contributed by atoms with Gasteiger partial charge in [-0.3, -0.25) is 14.4 Å². The average Bonchev–Trinajstić information content (AvgIpc) is 2.58. The third-order valence-corrected chi connectivity index (χ3v) is 3.92. The molecule has 0 saturated carbocycles. The van der Waals surface area contributed by atoms with Gasteiger partial charge >= 0.3 is 5.97 Å². The van der Waals surface area contributed by atoms with Crippen molar-refractivity contribution in [3.05, 3.63) is 24.3 Å². The van der Waals surface area contributed by atoms with E-state index in [0.29, 0.717) is 24.5 Å². The minimum atomic E-state index is -0.630. The smallest absolute Gasteiger partial charge is 0.312 e. The lowest BCUT2D eigenvalue weighted by Gasteiger charge is -2.30. The van der Waals surface area contributed by atoms with Crippen molar-refractivity contribution >= 4 is 23.5 Å². The number of amides is 2. The predicted molar refractivity (Wildman–Crippen MR) is 85.8 cm³/mol. The fourth-order valence-electron chi connectivity index (χ4n) is 2.68. The van der Waals surface area contributed by atoms with Crippen LogP contribution in [-0.4, -0.2) is 57.7 Å². The van der Waals surface area contributed by atoms with Crippen molar-refractivity contribution in [3.8, 4) is 5.75 Å². The number of para-hydroxylation sites is 2. The van der Waals surface area contributed by atoms with E-state index in [1.165, 1.54) is 14.2 Å². The molecule has 0 bridgehead atoms. The Balaban J connectivity index is 2.02. The molecule has 24 heavy (non-hydrogen) atoms. The number of hydrogen-bond acceptors (Lipinski definition) is 5. The SMILES string of the molecule is COC(=O)C[C@H]1C(=O)NCC[NH+]1CC(=O)Nc1ccccc1OC. The first kappa shape index (κ1) is 17.7. The monoisotopic (exact) mass is 336 g/mol. The highest BCUT2D eigenvalue weighted by Crippen LogP contribution is 2.22. The van der Waals surface area contributed by atoms with Crippen LogP contribution in [0.5, 0.6) is 5.75 Å². The Morgan fingerprint density at radius 3 is 2.79 bits per heavy atom. The van der Waals surface area contributed by atoms with E-state index in [4.69, 9.17) is 4.74 Å². The van der Waals surface area contributed by atoms with E-state index in [2.05, 4.69) is 15.4 Å². The van der Waals surface area contributed by atoms with E-state index in [-0.39, 0.29) is 24.8 Å². The number of ether oxygens (including phenoxy) is 2. The predicted octanol–water partition coefficient (Wildman–Crippen LogP) is -1.42. The van der Waals surface area contributed by atoms with Crippen LogP contribution in [0.1, 0.15) is 6.42 Å². The molecule has 1 aliphatic rings. The molecule has 2 amide bonds. The number of anilines is 1. The molecule has 8 heteroatoms. The van der Waals surface area contributed by atoms with E-state index >= 15 is 0 Å². The summed E-state index contributed by atoms with van der Waals surface area (Å²) in [5.74, 6) is -0.408. The van der Waals surface area contributed by atoms with E-state index in [0.717, 1.165) is 4.90 Å². The van der Waals surface area contributed by atoms with E-state index in [1.807, 2.05) is 0 Å². The number of rotatable bonds is 6. The molecule has 8 nitrogen and oxygen atoms in total. The Bertz CT molecular complexity index is 619. The van der Waals surface area contributed by atoms with Gasteiger partial charge in [-0.1, -0.05) is 12.1 Å². The molecule has 1 fully saturated rings. The van der Waals surface area contributed by atoms with Gasteiger partial charge in [-0.25, -0.2) is 0 Å². The van der Waals surface area contributed by atoms with Gasteiger partial charge in [-0.2, -0.15) is 0 Å². The summed E-state index contributed by atoms with van der Waals surface area (Å²) in [4.78, 5) is 36.6. The molecule has 1 unspecified atom stereocenters. The van der Waals surface area contributed by atoms with Crippen LogP contribution < -0.4 is 20.3 Å². The largest absolute Gasteiger partial charge is 0.495 e. The zero-order valence-electron chi connectivity index (χ0n) is 13.8. The first-order valence-corrected chi connectivity index (χ1v) is 7.67. The van der Waals surface area contributed by atoms with Gasteiger partial charge in [0.25, 0.3) is 11.8 Å². The zero-order chi connectivity index (χ0) is 17.5. The van der Waals surface area contributed by atoms with Crippen molar-refractivity contribution in [1.82, 2.24) is 5.32 Å². The molecule has 1 aliphatic heterocycles. The minimum Gasteiger partial charge on any atom is -0.495 e. The quantitative estimate of drug-likeness (QED) is 0.554. The maximum Gasteiger partial charge on any atom is 0.312 e. The van der Waals surface area contributed by atoms with Crippen molar-refractivity contribution in [2.45, 2.75) is 12.5 Å². The van der Waals surface area contributed by atoms with Crippen LogP contribution in [0.25, 0.3) is 0 Å². The van der Waals surface area contributed by atoms with E-state index < -0.39 is 12.0 Å². The highest BCUT2D eigenvalue weighted by molar-refractivity contribution is 5.93. The minimum absolute atomic E-state index is 0.0559. The van der Waals surface area contributed by atoms with Crippen molar-refractivity contribution in [3.63, 3.8) is 0 Å². The number of methoxy groups -OCH3 is 2. The maximum atomic E-state index is 12.3. The summed E-state index contributed by atoms with van der Waals surface area (Å²) in [5.41, 5.74) is 0.565. The van der Waals surface area contributed by atoms with Crippen LogP contribution in [0.2, 0.25) is 0 Å². The summed E-state index contributed by atoms with van der Waals surface area (Å²) in [5, 5.41) is 5.49. The molecule has 2 rings (SSSR count). The molecule has 0 spiro atoms. The Labute approximate surface area is 140 Å². The van der Waals surface area contributed by atoms with Crippen molar-refractivity contribution in [2.24, 2.45) is 0 Å². The van der Waals surface area contributed by atoms with Gasteiger partial charge in [0, 0.05) is 0 Å². The lowest BCUT2D eigenvalue weighted by molar-refractivity contribution is -0.909. The van der Waals surface area contributed by atoms with E-state index in [9.17, 15) is 14.4 Å². The fourth-order valence-corrected chi connectivity index (χ4v) is 2.68.